The van der Waals surface area contributed by atoms with E-state index in [9.17, 15) is 4.79 Å². The molecule has 1 aliphatic rings. The summed E-state index contributed by atoms with van der Waals surface area (Å²) in [5.74, 6) is 1.48. The quantitative estimate of drug-likeness (QED) is 0.883. The Morgan fingerprint density at radius 3 is 2.83 bits per heavy atom. The summed E-state index contributed by atoms with van der Waals surface area (Å²) >= 11 is 0. The molecule has 1 atom stereocenters. The molecule has 0 spiro atoms. The Balaban J connectivity index is 1.61. The Kier molecular flexibility index (Phi) is 5.48. The Bertz CT molecular complexity index is 651. The lowest BCUT2D eigenvalue weighted by Crippen LogP contribution is -2.41. The topological polar surface area (TPSA) is 70.4 Å². The number of carbonyl (C=O) groups is 1. The molecule has 0 aromatic carbocycles. The summed E-state index contributed by atoms with van der Waals surface area (Å²) in [6.07, 6.45) is 7.01. The first kappa shape index (κ1) is 16.5. The summed E-state index contributed by atoms with van der Waals surface area (Å²) in [6.45, 7) is 4.50. The van der Waals surface area contributed by atoms with Gasteiger partial charge in [0, 0.05) is 12.7 Å². The van der Waals surface area contributed by atoms with Gasteiger partial charge in [0.05, 0.1) is 12.3 Å². The molecular weight excluding hydrogens is 304 g/mol. The lowest BCUT2D eigenvalue weighted by atomic mass is 10.1. The van der Waals surface area contributed by atoms with Gasteiger partial charge in [-0.3, -0.25) is 10.2 Å². The molecule has 128 valence electrons. The van der Waals surface area contributed by atoms with Crippen LogP contribution in [0.25, 0.3) is 0 Å². The normalized spacial score (nSPS) is 16.5. The van der Waals surface area contributed by atoms with E-state index in [4.69, 9.17) is 4.42 Å². The van der Waals surface area contributed by atoms with E-state index < -0.39 is 0 Å². The molecule has 0 bridgehead atoms. The minimum atomic E-state index is -0.245. The van der Waals surface area contributed by atoms with Crippen LogP contribution in [0.4, 0.5) is 10.6 Å². The van der Waals surface area contributed by atoms with Crippen LogP contribution >= 0.6 is 0 Å². The van der Waals surface area contributed by atoms with Crippen molar-refractivity contribution >= 4 is 11.8 Å². The lowest BCUT2D eigenvalue weighted by Gasteiger charge is -2.33. The molecule has 1 fully saturated rings. The number of likely N-dealkylation sites (tertiary alicyclic amines) is 1. The number of nitrogens with one attached hydrogen (secondary N) is 2. The maximum atomic E-state index is 12.2. The fourth-order valence-electron chi connectivity index (χ4n) is 3.08. The molecule has 6 nitrogen and oxygen atoms in total. The van der Waals surface area contributed by atoms with E-state index in [1.54, 1.807) is 12.5 Å². The maximum Gasteiger partial charge on any atom is 0.320 e. The summed E-state index contributed by atoms with van der Waals surface area (Å²) in [5, 5.41) is 5.76. The number of furan rings is 1. The van der Waals surface area contributed by atoms with Crippen LogP contribution in [0, 0.1) is 6.92 Å². The van der Waals surface area contributed by atoms with Crippen molar-refractivity contribution in [2.24, 2.45) is 0 Å². The van der Waals surface area contributed by atoms with Crippen LogP contribution in [-0.2, 0) is 0 Å². The number of nitrogens with zero attached hydrogens (tertiary/aromatic N) is 2. The van der Waals surface area contributed by atoms with Gasteiger partial charge in [0.2, 0.25) is 0 Å². The van der Waals surface area contributed by atoms with Gasteiger partial charge in [-0.1, -0.05) is 12.5 Å². The Morgan fingerprint density at radius 1 is 1.29 bits per heavy atom. The second-order valence-electron chi connectivity index (χ2n) is 6.13. The van der Waals surface area contributed by atoms with Gasteiger partial charge in [-0.05, 0) is 56.6 Å². The first-order valence-electron chi connectivity index (χ1n) is 8.48. The summed E-state index contributed by atoms with van der Waals surface area (Å²) in [4.78, 5) is 18.8. The highest BCUT2D eigenvalue weighted by Crippen LogP contribution is 2.24. The fraction of sp³-hybridized carbons (Fsp3) is 0.444. The summed E-state index contributed by atoms with van der Waals surface area (Å²) in [7, 11) is 0. The predicted molar refractivity (Wildman–Crippen MR) is 92.9 cm³/mol. The molecule has 2 aromatic rings. The van der Waals surface area contributed by atoms with Crippen LogP contribution in [0.5, 0.6) is 0 Å². The average molecular weight is 328 g/mol. The van der Waals surface area contributed by atoms with Crippen LogP contribution in [0.1, 0.15) is 36.6 Å². The van der Waals surface area contributed by atoms with E-state index in [2.05, 4.69) is 20.5 Å². The third-order valence-corrected chi connectivity index (χ3v) is 4.40. The SMILES string of the molecule is Cc1cccnc1NC(=O)NCC(c1ccco1)N1CCCCC1. The minimum Gasteiger partial charge on any atom is -0.468 e. The predicted octanol–water partition coefficient (Wildman–Crippen LogP) is 3.33. The second kappa shape index (κ2) is 7.97. The van der Waals surface area contributed by atoms with Crippen molar-refractivity contribution < 1.29 is 9.21 Å². The zero-order chi connectivity index (χ0) is 16.8. The number of rotatable bonds is 5. The molecule has 2 N–H and O–H groups in total. The molecule has 2 aromatic heterocycles. The smallest absolute Gasteiger partial charge is 0.320 e. The van der Waals surface area contributed by atoms with Crippen LogP contribution in [-0.4, -0.2) is 35.5 Å². The van der Waals surface area contributed by atoms with Crippen LogP contribution in [0.3, 0.4) is 0 Å². The highest BCUT2D eigenvalue weighted by atomic mass is 16.3. The molecule has 6 heteroatoms. The molecule has 3 rings (SSSR count). The third kappa shape index (κ3) is 4.14. The number of piperidine rings is 1. The number of carbonyl (C=O) groups excluding carboxylic acids is 1. The van der Waals surface area contributed by atoms with Gasteiger partial charge in [0.25, 0.3) is 0 Å². The molecule has 0 aliphatic carbocycles. The van der Waals surface area contributed by atoms with E-state index >= 15 is 0 Å². The van der Waals surface area contributed by atoms with Crippen molar-refractivity contribution in [3.8, 4) is 0 Å². The van der Waals surface area contributed by atoms with Crippen LogP contribution < -0.4 is 10.6 Å². The zero-order valence-electron chi connectivity index (χ0n) is 14.0. The van der Waals surface area contributed by atoms with Gasteiger partial charge in [0.15, 0.2) is 0 Å². The van der Waals surface area contributed by atoms with Crippen molar-refractivity contribution in [2.45, 2.75) is 32.2 Å². The number of urea groups is 1. The van der Waals surface area contributed by atoms with Crippen molar-refractivity contribution in [1.82, 2.24) is 15.2 Å². The van der Waals surface area contributed by atoms with E-state index in [-0.39, 0.29) is 12.1 Å². The molecule has 3 heterocycles. The minimum absolute atomic E-state index is 0.0656. The highest BCUT2D eigenvalue weighted by Gasteiger charge is 2.24. The monoisotopic (exact) mass is 328 g/mol. The molecule has 2 amide bonds. The van der Waals surface area contributed by atoms with Gasteiger partial charge in [-0.25, -0.2) is 9.78 Å². The molecule has 1 saturated heterocycles. The van der Waals surface area contributed by atoms with Gasteiger partial charge in [0.1, 0.15) is 11.6 Å². The number of aryl methyl sites for hydroxylation is 1. The molecule has 1 aliphatic heterocycles. The van der Waals surface area contributed by atoms with Gasteiger partial charge in [-0.15, -0.1) is 0 Å². The zero-order valence-corrected chi connectivity index (χ0v) is 14.0. The average Bonchev–Trinajstić information content (AvgIpc) is 3.12. The molecular formula is C18H24N4O2. The van der Waals surface area contributed by atoms with Crippen molar-refractivity contribution in [2.75, 3.05) is 25.0 Å². The van der Waals surface area contributed by atoms with E-state index in [1.807, 2.05) is 31.2 Å². The third-order valence-electron chi connectivity index (χ3n) is 4.40. The lowest BCUT2D eigenvalue weighted by molar-refractivity contribution is 0.144. The van der Waals surface area contributed by atoms with Crippen molar-refractivity contribution in [3.05, 3.63) is 48.0 Å². The Labute approximate surface area is 142 Å². The molecule has 0 saturated carbocycles. The fourth-order valence-corrected chi connectivity index (χ4v) is 3.08. The number of hydrogen-bond donors (Lipinski definition) is 2. The number of anilines is 1. The standard InChI is InChI=1S/C18H24N4O2/c1-14-7-5-9-19-17(14)21-18(23)20-13-15(16-8-6-12-24-16)22-10-3-2-4-11-22/h5-9,12,15H,2-4,10-11,13H2,1H3,(H2,19,20,21,23). The van der Waals surface area contributed by atoms with Crippen molar-refractivity contribution in [3.63, 3.8) is 0 Å². The Morgan fingerprint density at radius 2 is 2.12 bits per heavy atom. The number of hydrogen-bond acceptors (Lipinski definition) is 4. The molecule has 1 unspecified atom stereocenters. The summed E-state index contributed by atoms with van der Waals surface area (Å²) in [5.41, 5.74) is 0.936. The highest BCUT2D eigenvalue weighted by molar-refractivity contribution is 5.88. The van der Waals surface area contributed by atoms with Crippen LogP contribution in [0.15, 0.2) is 41.1 Å². The van der Waals surface area contributed by atoms with Gasteiger partial charge < -0.3 is 9.73 Å². The van der Waals surface area contributed by atoms with E-state index in [0.29, 0.717) is 12.4 Å². The molecule has 0 radical (unpaired) electrons. The number of amides is 2. The maximum absolute atomic E-state index is 12.2. The largest absolute Gasteiger partial charge is 0.468 e. The number of aromatic nitrogens is 1. The summed E-state index contributed by atoms with van der Waals surface area (Å²) in [6, 6.07) is 7.45. The second-order valence-corrected chi connectivity index (χ2v) is 6.13. The Hall–Kier alpha value is -2.34. The van der Waals surface area contributed by atoms with E-state index in [1.165, 1.54) is 19.3 Å². The summed E-state index contributed by atoms with van der Waals surface area (Å²) < 4.78 is 5.59. The first-order valence-corrected chi connectivity index (χ1v) is 8.48. The van der Waals surface area contributed by atoms with Crippen molar-refractivity contribution in [1.29, 1.82) is 0 Å². The first-order chi connectivity index (χ1) is 11.7. The van der Waals surface area contributed by atoms with Gasteiger partial charge >= 0.3 is 6.03 Å². The number of pyridine rings is 1. The molecule has 24 heavy (non-hydrogen) atoms. The van der Waals surface area contributed by atoms with Crippen LogP contribution in [0.2, 0.25) is 0 Å². The van der Waals surface area contributed by atoms with E-state index in [0.717, 1.165) is 24.4 Å². The van der Waals surface area contributed by atoms with Gasteiger partial charge in [-0.2, -0.15) is 0 Å².